The van der Waals surface area contributed by atoms with Crippen molar-refractivity contribution in [2.45, 2.75) is 36.8 Å². The molecule has 134 valence electrons. The third-order valence-corrected chi connectivity index (χ3v) is 5.05. The van der Waals surface area contributed by atoms with Gasteiger partial charge in [0.25, 0.3) is 5.56 Å². The molecule has 5 nitrogen and oxygen atoms in total. The minimum Gasteiger partial charge on any atom is -0.493 e. The molecule has 2 heterocycles. The molecule has 0 aliphatic carbocycles. The molecule has 0 bridgehead atoms. The van der Waals surface area contributed by atoms with Crippen molar-refractivity contribution in [3.05, 3.63) is 56.4 Å². The summed E-state index contributed by atoms with van der Waals surface area (Å²) in [6, 6.07) is 5.57. The second-order valence-corrected chi connectivity index (χ2v) is 7.37. The van der Waals surface area contributed by atoms with Gasteiger partial charge in [-0.2, -0.15) is 17.1 Å². The number of nitrogens with zero attached hydrogens (tertiary/aromatic N) is 1. The molecule has 0 fully saturated rings. The Balaban J connectivity index is 1.99. The first kappa shape index (κ1) is 17.7. The molecule has 1 aliphatic heterocycles. The molecule has 0 saturated carbocycles. The van der Waals surface area contributed by atoms with Crippen LogP contribution in [-0.4, -0.2) is 15.6 Å². The zero-order chi connectivity index (χ0) is 18.4. The fraction of sp³-hybridized carbons (Fsp3) is 0.375. The van der Waals surface area contributed by atoms with Gasteiger partial charge < -0.3 is 9.72 Å². The number of H-pyrrole nitrogens is 1. The highest BCUT2D eigenvalue weighted by Crippen LogP contribution is 2.40. The summed E-state index contributed by atoms with van der Waals surface area (Å²) in [5.41, 5.74) is -2.73. The van der Waals surface area contributed by atoms with Gasteiger partial charge in [0.05, 0.1) is 6.61 Å². The van der Waals surface area contributed by atoms with Crippen molar-refractivity contribution in [2.75, 3.05) is 6.61 Å². The van der Waals surface area contributed by atoms with Gasteiger partial charge in [0.2, 0.25) is 0 Å². The zero-order valence-electron chi connectivity index (χ0n) is 13.4. The second-order valence-electron chi connectivity index (χ2n) is 6.35. The van der Waals surface area contributed by atoms with E-state index in [2.05, 4.69) is 13.8 Å². The summed E-state index contributed by atoms with van der Waals surface area (Å²) < 4.78 is 44.2. The second kappa shape index (κ2) is 5.98. The van der Waals surface area contributed by atoms with Crippen LogP contribution in [0.15, 0.2) is 38.8 Å². The van der Waals surface area contributed by atoms with Crippen molar-refractivity contribution >= 4 is 11.9 Å². The predicted molar refractivity (Wildman–Crippen MR) is 87.2 cm³/mol. The Hall–Kier alpha value is -2.16. The first-order chi connectivity index (χ1) is 11.6. The molecule has 2 aromatic rings. The van der Waals surface area contributed by atoms with E-state index in [9.17, 15) is 22.8 Å². The molecule has 1 aromatic heterocycles. The van der Waals surface area contributed by atoms with E-state index < -0.39 is 23.1 Å². The van der Waals surface area contributed by atoms with Gasteiger partial charge in [-0.05, 0) is 42.0 Å². The maximum atomic E-state index is 12.6. The summed E-state index contributed by atoms with van der Waals surface area (Å²) in [7, 11) is 0. The van der Waals surface area contributed by atoms with Gasteiger partial charge in [0, 0.05) is 16.5 Å². The van der Waals surface area contributed by atoms with E-state index in [4.69, 9.17) is 4.74 Å². The lowest BCUT2D eigenvalue weighted by Gasteiger charge is -2.32. The maximum absolute atomic E-state index is 12.6. The molecule has 3 rings (SSSR count). The van der Waals surface area contributed by atoms with Crippen LogP contribution < -0.4 is 16.0 Å². The Morgan fingerprint density at radius 2 is 1.96 bits per heavy atom. The average Bonchev–Trinajstić information content (AvgIpc) is 2.50. The largest absolute Gasteiger partial charge is 0.493 e. The first-order valence-electron chi connectivity index (χ1n) is 7.47. The number of hydrogen-bond donors (Lipinski definition) is 1. The Bertz CT molecular complexity index is 900. The summed E-state index contributed by atoms with van der Waals surface area (Å²) in [6.07, 6.45) is -3.97. The molecule has 0 amide bonds. The van der Waals surface area contributed by atoms with Crippen LogP contribution in [0.5, 0.6) is 5.75 Å². The lowest BCUT2D eigenvalue weighted by atomic mass is 9.80. The van der Waals surface area contributed by atoms with Gasteiger partial charge in [0.1, 0.15) is 11.4 Å². The van der Waals surface area contributed by atoms with Gasteiger partial charge in [0.15, 0.2) is 0 Å². The molecule has 1 aromatic carbocycles. The Kier molecular flexibility index (Phi) is 4.22. The molecule has 0 atom stereocenters. The summed E-state index contributed by atoms with van der Waals surface area (Å²) >= 11 is 0.771. The van der Waals surface area contributed by atoms with Gasteiger partial charge >= 0.3 is 11.9 Å². The molecule has 1 N–H and O–H groups in total. The van der Waals surface area contributed by atoms with E-state index >= 15 is 0 Å². The number of alkyl halides is 3. The summed E-state index contributed by atoms with van der Waals surface area (Å²) in [5.74, 6) is 0.731. The Morgan fingerprint density at radius 3 is 2.60 bits per heavy atom. The first-order valence-corrected chi connectivity index (χ1v) is 8.24. The van der Waals surface area contributed by atoms with Gasteiger partial charge in [-0.25, -0.2) is 4.79 Å². The number of benzene rings is 1. The predicted octanol–water partition coefficient (Wildman–Crippen LogP) is 3.17. The van der Waals surface area contributed by atoms with E-state index in [1.807, 2.05) is 0 Å². The third kappa shape index (κ3) is 3.46. The highest BCUT2D eigenvalue weighted by atomic mass is 32.2. The highest BCUT2D eigenvalue weighted by Gasteiger charge is 2.33. The number of rotatable bonds is 2. The van der Waals surface area contributed by atoms with Crippen LogP contribution in [0, 0.1) is 0 Å². The topological polar surface area (TPSA) is 64.1 Å². The fourth-order valence-corrected chi connectivity index (χ4v) is 3.38. The van der Waals surface area contributed by atoms with Crippen LogP contribution in [0.3, 0.4) is 0 Å². The van der Waals surface area contributed by atoms with Crippen molar-refractivity contribution < 1.29 is 17.9 Å². The molecular formula is C16H15F3N2O3S. The van der Waals surface area contributed by atoms with Crippen LogP contribution >= 0.6 is 11.9 Å². The van der Waals surface area contributed by atoms with Crippen molar-refractivity contribution in [1.82, 2.24) is 8.96 Å². The zero-order valence-corrected chi connectivity index (χ0v) is 14.3. The van der Waals surface area contributed by atoms with Crippen molar-refractivity contribution in [3.8, 4) is 5.75 Å². The molecule has 9 heteroatoms. The number of ether oxygens (including phenoxy) is 1. The van der Waals surface area contributed by atoms with Crippen molar-refractivity contribution in [2.24, 2.45) is 0 Å². The summed E-state index contributed by atoms with van der Waals surface area (Å²) in [4.78, 5) is 26.1. The van der Waals surface area contributed by atoms with Crippen LogP contribution in [0.25, 0.3) is 0 Å². The van der Waals surface area contributed by atoms with Crippen molar-refractivity contribution in [1.29, 1.82) is 0 Å². The molecule has 0 saturated heterocycles. The highest BCUT2D eigenvalue weighted by molar-refractivity contribution is 7.97. The van der Waals surface area contributed by atoms with E-state index in [1.54, 1.807) is 23.2 Å². The number of aromatic nitrogens is 2. The average molecular weight is 372 g/mol. The molecular weight excluding hydrogens is 357 g/mol. The molecule has 1 aliphatic rings. The standard InChI is InChI=1S/C16H15F3N2O3S/c1-15(2)5-6-24-11-4-3-9(7-10(11)15)25-21-13(22)8-12(16(17,18)19)20-14(21)23/h3-4,7-8H,5-6H2,1-2H3,(H,20,23). The van der Waals surface area contributed by atoms with Crippen LogP contribution in [0.2, 0.25) is 0 Å². The SMILES string of the molecule is CC1(C)CCOc2ccc(Sn3c(=O)cc(C(F)(F)F)[nH]c3=O)cc21. The van der Waals surface area contributed by atoms with Gasteiger partial charge in [-0.3, -0.25) is 4.79 Å². The molecule has 0 unspecified atom stereocenters. The smallest absolute Gasteiger partial charge is 0.431 e. The Labute approximate surface area is 145 Å². The van der Waals surface area contributed by atoms with Crippen LogP contribution in [-0.2, 0) is 11.6 Å². The number of hydrogen-bond acceptors (Lipinski definition) is 4. The number of nitrogens with one attached hydrogen (secondary N) is 1. The minimum atomic E-state index is -4.78. The maximum Gasteiger partial charge on any atom is 0.431 e. The fourth-order valence-electron chi connectivity index (χ4n) is 2.60. The number of fused-ring (bicyclic) bond motifs is 1. The lowest BCUT2D eigenvalue weighted by molar-refractivity contribution is -0.141. The Morgan fingerprint density at radius 1 is 1.24 bits per heavy atom. The van der Waals surface area contributed by atoms with Gasteiger partial charge in [-0.1, -0.05) is 13.8 Å². The normalized spacial score (nSPS) is 16.2. The van der Waals surface area contributed by atoms with Crippen LogP contribution in [0.4, 0.5) is 13.2 Å². The monoisotopic (exact) mass is 372 g/mol. The quantitative estimate of drug-likeness (QED) is 0.880. The molecule has 0 radical (unpaired) electrons. The number of aromatic amines is 1. The van der Waals surface area contributed by atoms with E-state index in [-0.39, 0.29) is 5.41 Å². The molecule has 25 heavy (non-hydrogen) atoms. The van der Waals surface area contributed by atoms with Crippen LogP contribution in [0.1, 0.15) is 31.5 Å². The molecule has 0 spiro atoms. The van der Waals surface area contributed by atoms with E-state index in [0.29, 0.717) is 21.5 Å². The van der Waals surface area contributed by atoms with Crippen molar-refractivity contribution in [3.63, 3.8) is 0 Å². The summed E-state index contributed by atoms with van der Waals surface area (Å²) in [6.45, 7) is 4.71. The summed E-state index contributed by atoms with van der Waals surface area (Å²) in [5, 5.41) is 0. The number of halogens is 3. The third-order valence-electron chi connectivity index (χ3n) is 4.06. The lowest BCUT2D eigenvalue weighted by Crippen LogP contribution is -2.33. The minimum absolute atomic E-state index is 0.137. The van der Waals surface area contributed by atoms with E-state index in [1.165, 1.54) is 0 Å². The van der Waals surface area contributed by atoms with E-state index in [0.717, 1.165) is 29.7 Å². The van der Waals surface area contributed by atoms with Gasteiger partial charge in [-0.15, -0.1) is 0 Å².